The standard InChI is InChI=1S/C15H24N2O3S/c1-16-9-8-14(12-16)13-17(2)21(18,19)11-10-20-15-6-4-3-5-7-15/h3-7,14H,8-13H2,1-2H3/t14-/m1/s1. The van der Waals surface area contributed by atoms with Gasteiger partial charge in [0.2, 0.25) is 10.0 Å². The third-order valence-corrected chi connectivity index (χ3v) is 5.61. The summed E-state index contributed by atoms with van der Waals surface area (Å²) in [5, 5.41) is 0. The van der Waals surface area contributed by atoms with E-state index in [2.05, 4.69) is 11.9 Å². The van der Waals surface area contributed by atoms with Crippen molar-refractivity contribution in [3.63, 3.8) is 0 Å². The summed E-state index contributed by atoms with van der Waals surface area (Å²) in [7, 11) is 0.489. The molecule has 0 N–H and O–H groups in total. The maximum absolute atomic E-state index is 12.2. The van der Waals surface area contributed by atoms with Crippen LogP contribution in [0.4, 0.5) is 0 Å². The summed E-state index contributed by atoms with van der Waals surface area (Å²) in [5.41, 5.74) is 0. The average molecular weight is 312 g/mol. The van der Waals surface area contributed by atoms with Gasteiger partial charge in [0.15, 0.2) is 0 Å². The van der Waals surface area contributed by atoms with Gasteiger partial charge in [-0.1, -0.05) is 18.2 Å². The molecule has 0 unspecified atom stereocenters. The van der Waals surface area contributed by atoms with Gasteiger partial charge in [-0.25, -0.2) is 12.7 Å². The Morgan fingerprint density at radius 3 is 2.67 bits per heavy atom. The molecule has 1 atom stereocenters. The highest BCUT2D eigenvalue weighted by atomic mass is 32.2. The Hall–Kier alpha value is -1.11. The van der Waals surface area contributed by atoms with Gasteiger partial charge < -0.3 is 9.64 Å². The molecule has 0 aromatic heterocycles. The van der Waals surface area contributed by atoms with E-state index < -0.39 is 10.0 Å². The van der Waals surface area contributed by atoms with Crippen molar-refractivity contribution >= 4 is 10.0 Å². The first-order chi connectivity index (χ1) is 9.97. The van der Waals surface area contributed by atoms with Crippen LogP contribution in [0.3, 0.4) is 0 Å². The molecule has 1 aliphatic heterocycles. The van der Waals surface area contributed by atoms with Crippen LogP contribution in [0.5, 0.6) is 5.75 Å². The highest BCUT2D eigenvalue weighted by molar-refractivity contribution is 7.89. The monoisotopic (exact) mass is 312 g/mol. The lowest BCUT2D eigenvalue weighted by atomic mass is 10.1. The lowest BCUT2D eigenvalue weighted by Gasteiger charge is -2.21. The quantitative estimate of drug-likeness (QED) is 0.761. The van der Waals surface area contributed by atoms with Gasteiger partial charge in [-0.2, -0.15) is 0 Å². The normalized spacial score (nSPS) is 20.0. The Balaban J connectivity index is 1.78. The second-order valence-corrected chi connectivity index (χ2v) is 7.87. The van der Waals surface area contributed by atoms with Crippen LogP contribution < -0.4 is 4.74 Å². The van der Waals surface area contributed by atoms with Crippen LogP contribution in [0.15, 0.2) is 30.3 Å². The molecule has 0 aliphatic carbocycles. The second kappa shape index (κ2) is 7.24. The first-order valence-electron chi connectivity index (χ1n) is 7.28. The van der Waals surface area contributed by atoms with Crippen molar-refractivity contribution in [1.82, 2.24) is 9.21 Å². The van der Waals surface area contributed by atoms with Crippen LogP contribution in [0.2, 0.25) is 0 Å². The van der Waals surface area contributed by atoms with Crippen LogP contribution >= 0.6 is 0 Å². The molecule has 0 spiro atoms. The van der Waals surface area contributed by atoms with E-state index in [1.54, 1.807) is 7.05 Å². The average Bonchev–Trinajstić information content (AvgIpc) is 2.85. The predicted octanol–water partition coefficient (Wildman–Crippen LogP) is 1.28. The van der Waals surface area contributed by atoms with E-state index >= 15 is 0 Å². The number of nitrogens with zero attached hydrogens (tertiary/aromatic N) is 2. The molecule has 1 aromatic rings. The van der Waals surface area contributed by atoms with Crippen LogP contribution in [-0.2, 0) is 10.0 Å². The minimum atomic E-state index is -3.25. The van der Waals surface area contributed by atoms with Crippen molar-refractivity contribution < 1.29 is 13.2 Å². The fourth-order valence-corrected chi connectivity index (χ4v) is 3.63. The number of sulfonamides is 1. The van der Waals surface area contributed by atoms with E-state index in [0.29, 0.717) is 18.2 Å². The molecule has 1 fully saturated rings. The lowest BCUT2D eigenvalue weighted by Crippen LogP contribution is -2.35. The minimum absolute atomic E-state index is 0.0148. The summed E-state index contributed by atoms with van der Waals surface area (Å²) < 4.78 is 31.4. The highest BCUT2D eigenvalue weighted by Crippen LogP contribution is 2.16. The third-order valence-electron chi connectivity index (χ3n) is 3.83. The van der Waals surface area contributed by atoms with Gasteiger partial charge in [0.1, 0.15) is 12.4 Å². The molecule has 118 valence electrons. The molecule has 1 heterocycles. The Bertz CT molecular complexity index is 533. The first kappa shape index (κ1) is 16.3. The molecule has 2 rings (SSSR count). The smallest absolute Gasteiger partial charge is 0.217 e. The summed E-state index contributed by atoms with van der Waals surface area (Å²) in [5.74, 6) is 1.15. The fraction of sp³-hybridized carbons (Fsp3) is 0.600. The van der Waals surface area contributed by atoms with Crippen molar-refractivity contribution in [2.75, 3.05) is 46.1 Å². The molecule has 1 aromatic carbocycles. The fourth-order valence-electron chi connectivity index (χ4n) is 2.59. The van der Waals surface area contributed by atoms with Crippen molar-refractivity contribution in [2.45, 2.75) is 6.42 Å². The molecular weight excluding hydrogens is 288 g/mol. The molecule has 1 aliphatic rings. The topological polar surface area (TPSA) is 49.9 Å². The van der Waals surface area contributed by atoms with Crippen molar-refractivity contribution in [3.8, 4) is 5.75 Å². The molecule has 5 nitrogen and oxygen atoms in total. The number of para-hydroxylation sites is 1. The number of ether oxygens (including phenoxy) is 1. The third kappa shape index (κ3) is 4.98. The zero-order chi connectivity index (χ0) is 15.3. The summed E-state index contributed by atoms with van der Waals surface area (Å²) in [6, 6.07) is 9.28. The van der Waals surface area contributed by atoms with Gasteiger partial charge in [-0.3, -0.25) is 0 Å². The van der Waals surface area contributed by atoms with Gasteiger partial charge in [-0.15, -0.1) is 0 Å². The van der Waals surface area contributed by atoms with E-state index in [9.17, 15) is 8.42 Å². The number of hydrogen-bond acceptors (Lipinski definition) is 4. The minimum Gasteiger partial charge on any atom is -0.492 e. The van der Waals surface area contributed by atoms with E-state index in [1.165, 1.54) is 4.31 Å². The van der Waals surface area contributed by atoms with Gasteiger partial charge in [0.05, 0.1) is 5.75 Å². The van der Waals surface area contributed by atoms with Gasteiger partial charge in [-0.05, 0) is 38.1 Å². The maximum atomic E-state index is 12.2. The number of likely N-dealkylation sites (tertiary alicyclic amines) is 1. The van der Waals surface area contributed by atoms with E-state index in [1.807, 2.05) is 30.3 Å². The van der Waals surface area contributed by atoms with Crippen LogP contribution in [0.25, 0.3) is 0 Å². The molecule has 0 bridgehead atoms. The van der Waals surface area contributed by atoms with E-state index in [-0.39, 0.29) is 12.4 Å². The van der Waals surface area contributed by atoms with Crippen molar-refractivity contribution in [1.29, 1.82) is 0 Å². The molecule has 0 amide bonds. The zero-order valence-electron chi connectivity index (χ0n) is 12.7. The lowest BCUT2D eigenvalue weighted by molar-refractivity contribution is 0.330. The molecular formula is C15H24N2O3S. The molecule has 21 heavy (non-hydrogen) atoms. The first-order valence-corrected chi connectivity index (χ1v) is 8.89. The SMILES string of the molecule is CN1CC[C@@H](CN(C)S(=O)(=O)CCOc2ccccc2)C1. The number of rotatable bonds is 7. The molecule has 0 saturated carbocycles. The Morgan fingerprint density at radius 1 is 1.33 bits per heavy atom. The van der Waals surface area contributed by atoms with Gasteiger partial charge >= 0.3 is 0 Å². The molecule has 0 radical (unpaired) electrons. The molecule has 1 saturated heterocycles. The molecule has 6 heteroatoms. The van der Waals surface area contributed by atoms with Gasteiger partial charge in [0, 0.05) is 20.1 Å². The van der Waals surface area contributed by atoms with Crippen molar-refractivity contribution in [2.24, 2.45) is 5.92 Å². The van der Waals surface area contributed by atoms with Crippen LogP contribution in [0, 0.1) is 5.92 Å². The van der Waals surface area contributed by atoms with Crippen LogP contribution in [0.1, 0.15) is 6.42 Å². The second-order valence-electron chi connectivity index (χ2n) is 5.67. The number of hydrogen-bond donors (Lipinski definition) is 0. The van der Waals surface area contributed by atoms with Crippen LogP contribution in [-0.4, -0.2) is 63.7 Å². The predicted molar refractivity (Wildman–Crippen MR) is 84.0 cm³/mol. The maximum Gasteiger partial charge on any atom is 0.217 e. The zero-order valence-corrected chi connectivity index (χ0v) is 13.6. The Labute approximate surface area is 127 Å². The summed E-state index contributed by atoms with van der Waals surface area (Å²) in [6.45, 7) is 2.80. The van der Waals surface area contributed by atoms with Gasteiger partial charge in [0.25, 0.3) is 0 Å². The Morgan fingerprint density at radius 2 is 2.05 bits per heavy atom. The van der Waals surface area contributed by atoms with E-state index in [0.717, 1.165) is 19.5 Å². The summed E-state index contributed by atoms with van der Waals surface area (Å²) in [6.07, 6.45) is 1.07. The summed E-state index contributed by atoms with van der Waals surface area (Å²) >= 11 is 0. The highest BCUT2D eigenvalue weighted by Gasteiger charge is 2.25. The largest absolute Gasteiger partial charge is 0.492 e. The number of benzene rings is 1. The Kier molecular flexibility index (Phi) is 5.61. The summed E-state index contributed by atoms with van der Waals surface area (Å²) in [4.78, 5) is 2.24. The van der Waals surface area contributed by atoms with Crippen molar-refractivity contribution in [3.05, 3.63) is 30.3 Å². The van der Waals surface area contributed by atoms with E-state index in [4.69, 9.17) is 4.74 Å².